The molecular formula is C15H20BrClO. The molecule has 1 aliphatic carbocycles. The average Bonchev–Trinajstić information content (AvgIpc) is 2.39. The number of methoxy groups -OCH3 is 1. The standard InChI is InChI=1S/C15H20BrClO/c1-18-12-7-8-13(14(16)10-12)15(17)9-11-5-3-2-4-6-11/h7-8,10-11,15H,2-6,9H2,1H3. The Hall–Kier alpha value is -0.210. The zero-order chi connectivity index (χ0) is 13.0. The van der Waals surface area contributed by atoms with Crippen LogP contribution in [0.15, 0.2) is 22.7 Å². The minimum absolute atomic E-state index is 0.105. The molecule has 1 saturated carbocycles. The van der Waals surface area contributed by atoms with Crippen molar-refractivity contribution in [1.82, 2.24) is 0 Å². The van der Waals surface area contributed by atoms with Gasteiger partial charge in [-0.15, -0.1) is 11.6 Å². The summed E-state index contributed by atoms with van der Waals surface area (Å²) in [5, 5.41) is 0.105. The maximum Gasteiger partial charge on any atom is 0.120 e. The molecule has 3 heteroatoms. The van der Waals surface area contributed by atoms with E-state index in [0.717, 1.165) is 22.6 Å². The fraction of sp³-hybridized carbons (Fsp3) is 0.600. The first-order valence-electron chi connectivity index (χ1n) is 6.68. The molecule has 0 spiro atoms. The molecule has 0 aliphatic heterocycles. The second kappa shape index (κ2) is 6.81. The van der Waals surface area contributed by atoms with Gasteiger partial charge in [0, 0.05) is 4.47 Å². The Morgan fingerprint density at radius 1 is 1.33 bits per heavy atom. The number of rotatable bonds is 4. The van der Waals surface area contributed by atoms with Crippen LogP contribution in [0.5, 0.6) is 5.75 Å². The molecule has 1 aliphatic rings. The second-order valence-electron chi connectivity index (χ2n) is 5.09. The number of hydrogen-bond acceptors (Lipinski definition) is 1. The Balaban J connectivity index is 2.01. The summed E-state index contributed by atoms with van der Waals surface area (Å²) in [6, 6.07) is 6.05. The highest BCUT2D eigenvalue weighted by Gasteiger charge is 2.20. The lowest BCUT2D eigenvalue weighted by molar-refractivity contribution is 0.336. The van der Waals surface area contributed by atoms with Crippen molar-refractivity contribution in [3.05, 3.63) is 28.2 Å². The Morgan fingerprint density at radius 2 is 2.06 bits per heavy atom. The first-order chi connectivity index (χ1) is 8.70. The molecule has 1 fully saturated rings. The maximum absolute atomic E-state index is 6.57. The Bertz CT molecular complexity index is 388. The highest BCUT2D eigenvalue weighted by atomic mass is 79.9. The van der Waals surface area contributed by atoms with Crippen LogP contribution in [0.2, 0.25) is 0 Å². The Morgan fingerprint density at radius 3 is 2.67 bits per heavy atom. The van der Waals surface area contributed by atoms with Gasteiger partial charge in [-0.3, -0.25) is 0 Å². The predicted molar refractivity (Wildman–Crippen MR) is 80.5 cm³/mol. The molecular weight excluding hydrogens is 312 g/mol. The molecule has 1 unspecified atom stereocenters. The van der Waals surface area contributed by atoms with Crippen molar-refractivity contribution in [3.63, 3.8) is 0 Å². The van der Waals surface area contributed by atoms with E-state index in [9.17, 15) is 0 Å². The quantitative estimate of drug-likeness (QED) is 0.642. The molecule has 0 radical (unpaired) electrons. The topological polar surface area (TPSA) is 9.23 Å². The van der Waals surface area contributed by atoms with Crippen LogP contribution >= 0.6 is 27.5 Å². The molecule has 100 valence electrons. The van der Waals surface area contributed by atoms with E-state index < -0.39 is 0 Å². The van der Waals surface area contributed by atoms with E-state index >= 15 is 0 Å². The van der Waals surface area contributed by atoms with Crippen LogP contribution in [-0.4, -0.2) is 7.11 Å². The molecule has 0 aromatic heterocycles. The van der Waals surface area contributed by atoms with Gasteiger partial charge in [0.05, 0.1) is 12.5 Å². The lowest BCUT2D eigenvalue weighted by atomic mass is 9.85. The fourth-order valence-corrected chi connectivity index (χ4v) is 3.94. The molecule has 1 aromatic rings. The highest BCUT2D eigenvalue weighted by Crippen LogP contribution is 2.38. The van der Waals surface area contributed by atoms with Crippen LogP contribution in [0.4, 0.5) is 0 Å². The minimum Gasteiger partial charge on any atom is -0.497 e. The Kier molecular flexibility index (Phi) is 5.38. The van der Waals surface area contributed by atoms with E-state index in [1.807, 2.05) is 12.1 Å². The molecule has 18 heavy (non-hydrogen) atoms. The van der Waals surface area contributed by atoms with Crippen molar-refractivity contribution in [2.24, 2.45) is 5.92 Å². The van der Waals surface area contributed by atoms with Gasteiger partial charge >= 0.3 is 0 Å². The summed E-state index contributed by atoms with van der Waals surface area (Å²) < 4.78 is 6.26. The monoisotopic (exact) mass is 330 g/mol. The van der Waals surface area contributed by atoms with Crippen LogP contribution in [0.3, 0.4) is 0 Å². The predicted octanol–water partition coefficient (Wildman–Crippen LogP) is 5.71. The second-order valence-corrected chi connectivity index (χ2v) is 6.48. The number of halogens is 2. The smallest absolute Gasteiger partial charge is 0.120 e. The highest BCUT2D eigenvalue weighted by molar-refractivity contribution is 9.10. The van der Waals surface area contributed by atoms with Gasteiger partial charge in [-0.05, 0) is 30.0 Å². The first kappa shape index (κ1) is 14.2. The average molecular weight is 332 g/mol. The van der Waals surface area contributed by atoms with Crippen LogP contribution in [0.25, 0.3) is 0 Å². The van der Waals surface area contributed by atoms with E-state index in [-0.39, 0.29) is 5.38 Å². The number of ether oxygens (including phenoxy) is 1. The first-order valence-corrected chi connectivity index (χ1v) is 7.91. The summed E-state index contributed by atoms with van der Waals surface area (Å²) in [5.41, 5.74) is 1.18. The van der Waals surface area contributed by atoms with Crippen molar-refractivity contribution in [2.75, 3.05) is 7.11 Å². The minimum atomic E-state index is 0.105. The van der Waals surface area contributed by atoms with Gasteiger partial charge in [-0.25, -0.2) is 0 Å². The molecule has 1 aromatic carbocycles. The van der Waals surface area contributed by atoms with Crippen molar-refractivity contribution in [1.29, 1.82) is 0 Å². The van der Waals surface area contributed by atoms with E-state index in [0.29, 0.717) is 0 Å². The van der Waals surface area contributed by atoms with E-state index in [1.165, 1.54) is 37.7 Å². The summed E-state index contributed by atoms with van der Waals surface area (Å²) in [6.07, 6.45) is 7.92. The summed E-state index contributed by atoms with van der Waals surface area (Å²) >= 11 is 10.2. The normalized spacial score (nSPS) is 18.6. The Labute approximate surface area is 123 Å². The largest absolute Gasteiger partial charge is 0.497 e. The third kappa shape index (κ3) is 3.64. The van der Waals surface area contributed by atoms with Gasteiger partial charge in [0.15, 0.2) is 0 Å². The maximum atomic E-state index is 6.57. The molecule has 0 saturated heterocycles. The SMILES string of the molecule is COc1ccc(C(Cl)CC2CCCCC2)c(Br)c1. The molecule has 0 N–H and O–H groups in total. The van der Waals surface area contributed by atoms with Crippen LogP contribution in [-0.2, 0) is 0 Å². The van der Waals surface area contributed by atoms with Crippen molar-refractivity contribution in [3.8, 4) is 5.75 Å². The zero-order valence-electron chi connectivity index (χ0n) is 10.8. The van der Waals surface area contributed by atoms with E-state index in [1.54, 1.807) is 7.11 Å². The third-order valence-corrected chi connectivity index (χ3v) is 4.91. The van der Waals surface area contributed by atoms with Crippen LogP contribution in [0, 0.1) is 5.92 Å². The number of benzene rings is 1. The van der Waals surface area contributed by atoms with Gasteiger partial charge in [-0.1, -0.05) is 54.1 Å². The molecule has 0 amide bonds. The molecule has 2 rings (SSSR count). The summed E-state index contributed by atoms with van der Waals surface area (Å²) in [5.74, 6) is 1.67. The third-order valence-electron chi connectivity index (χ3n) is 3.81. The van der Waals surface area contributed by atoms with Gasteiger partial charge in [-0.2, -0.15) is 0 Å². The lowest BCUT2D eigenvalue weighted by Gasteiger charge is -2.24. The molecule has 1 atom stereocenters. The van der Waals surface area contributed by atoms with Gasteiger partial charge < -0.3 is 4.74 Å². The summed E-state index contributed by atoms with van der Waals surface area (Å²) in [7, 11) is 1.68. The number of alkyl halides is 1. The van der Waals surface area contributed by atoms with E-state index in [4.69, 9.17) is 16.3 Å². The molecule has 0 bridgehead atoms. The summed E-state index contributed by atoms with van der Waals surface area (Å²) in [6.45, 7) is 0. The van der Waals surface area contributed by atoms with Crippen LogP contribution < -0.4 is 4.74 Å². The van der Waals surface area contributed by atoms with Crippen LogP contribution in [0.1, 0.15) is 49.5 Å². The lowest BCUT2D eigenvalue weighted by Crippen LogP contribution is -2.09. The summed E-state index contributed by atoms with van der Waals surface area (Å²) in [4.78, 5) is 0. The van der Waals surface area contributed by atoms with E-state index in [2.05, 4.69) is 22.0 Å². The van der Waals surface area contributed by atoms with Gasteiger partial charge in [0.25, 0.3) is 0 Å². The zero-order valence-corrected chi connectivity index (χ0v) is 13.1. The fourth-order valence-electron chi connectivity index (χ4n) is 2.73. The molecule has 0 heterocycles. The molecule has 1 nitrogen and oxygen atoms in total. The number of hydrogen-bond donors (Lipinski definition) is 0. The van der Waals surface area contributed by atoms with Crippen molar-refractivity contribution < 1.29 is 4.74 Å². The van der Waals surface area contributed by atoms with Gasteiger partial charge in [0.1, 0.15) is 5.75 Å². The van der Waals surface area contributed by atoms with Crippen molar-refractivity contribution >= 4 is 27.5 Å². The van der Waals surface area contributed by atoms with Gasteiger partial charge in [0.2, 0.25) is 0 Å². The van der Waals surface area contributed by atoms with Crippen molar-refractivity contribution in [2.45, 2.75) is 43.9 Å².